The van der Waals surface area contributed by atoms with Crippen molar-refractivity contribution in [3.63, 3.8) is 0 Å². The average Bonchev–Trinajstić information content (AvgIpc) is 2.45. The maximum absolute atomic E-state index is 12.5. The third-order valence-electron chi connectivity index (χ3n) is 1.92. The van der Waals surface area contributed by atoms with Gasteiger partial charge in [0.2, 0.25) is 0 Å². The van der Waals surface area contributed by atoms with E-state index in [1.807, 2.05) is 0 Å². The molecule has 1 heterocycles. The van der Waals surface area contributed by atoms with E-state index < -0.39 is 23.9 Å². The number of hydrogen-bond donors (Lipinski definition) is 0. The first-order chi connectivity index (χ1) is 7.11. The van der Waals surface area contributed by atoms with Gasteiger partial charge in [-0.3, -0.25) is 4.90 Å². The van der Waals surface area contributed by atoms with Crippen LogP contribution in [0, 0.1) is 0 Å². The van der Waals surface area contributed by atoms with Crippen LogP contribution in [0.15, 0.2) is 12.2 Å². The molecular formula is C10H14F3NO2. The molecule has 1 unspecified atom stereocenters. The highest BCUT2D eigenvalue weighted by Crippen LogP contribution is 2.29. The van der Waals surface area contributed by atoms with Crippen LogP contribution in [-0.4, -0.2) is 35.4 Å². The number of carbonyl (C=O) groups is 1. The normalized spacial score (nSPS) is 21.4. The molecule has 1 rings (SSSR count). The van der Waals surface area contributed by atoms with Gasteiger partial charge in [0.1, 0.15) is 11.6 Å². The van der Waals surface area contributed by atoms with Gasteiger partial charge >= 0.3 is 12.3 Å². The Balaban J connectivity index is 2.71. The Morgan fingerprint density at radius 3 is 2.38 bits per heavy atom. The lowest BCUT2D eigenvalue weighted by atomic mass is 10.2. The van der Waals surface area contributed by atoms with Crippen molar-refractivity contribution in [1.29, 1.82) is 0 Å². The molecule has 1 aliphatic heterocycles. The lowest BCUT2D eigenvalue weighted by Gasteiger charge is -2.29. The second-order valence-electron chi connectivity index (χ2n) is 4.55. The topological polar surface area (TPSA) is 29.5 Å². The van der Waals surface area contributed by atoms with Gasteiger partial charge in [0.15, 0.2) is 0 Å². The van der Waals surface area contributed by atoms with Crippen LogP contribution in [0.5, 0.6) is 0 Å². The molecule has 0 radical (unpaired) electrons. The zero-order valence-electron chi connectivity index (χ0n) is 9.34. The van der Waals surface area contributed by atoms with Gasteiger partial charge in [-0.2, -0.15) is 13.2 Å². The van der Waals surface area contributed by atoms with Crippen molar-refractivity contribution < 1.29 is 22.7 Å². The van der Waals surface area contributed by atoms with Crippen LogP contribution in [0.2, 0.25) is 0 Å². The molecule has 6 heteroatoms. The predicted molar refractivity (Wildman–Crippen MR) is 51.9 cm³/mol. The van der Waals surface area contributed by atoms with Crippen molar-refractivity contribution in [2.45, 2.75) is 38.6 Å². The minimum atomic E-state index is -4.45. The average molecular weight is 237 g/mol. The highest BCUT2D eigenvalue weighted by molar-refractivity contribution is 5.70. The van der Waals surface area contributed by atoms with Crippen LogP contribution in [-0.2, 0) is 4.74 Å². The summed E-state index contributed by atoms with van der Waals surface area (Å²) in [6.45, 7) is 4.75. The maximum atomic E-state index is 12.5. The van der Waals surface area contributed by atoms with Gasteiger partial charge in [0.25, 0.3) is 0 Å². The number of amides is 1. The Bertz CT molecular complexity index is 304. The number of ether oxygens (including phenoxy) is 1. The smallest absolute Gasteiger partial charge is 0.412 e. The van der Waals surface area contributed by atoms with Crippen molar-refractivity contribution in [2.75, 3.05) is 6.54 Å². The molecule has 3 nitrogen and oxygen atoms in total. The lowest BCUT2D eigenvalue weighted by molar-refractivity contribution is -0.163. The van der Waals surface area contributed by atoms with Crippen molar-refractivity contribution >= 4 is 6.09 Å². The first-order valence-corrected chi connectivity index (χ1v) is 4.84. The van der Waals surface area contributed by atoms with E-state index in [4.69, 9.17) is 4.74 Å². The van der Waals surface area contributed by atoms with Gasteiger partial charge in [-0.15, -0.1) is 0 Å². The van der Waals surface area contributed by atoms with E-state index in [1.165, 1.54) is 6.08 Å². The lowest BCUT2D eigenvalue weighted by Crippen LogP contribution is -2.46. The van der Waals surface area contributed by atoms with Gasteiger partial charge in [-0.1, -0.05) is 12.2 Å². The number of alkyl halides is 3. The molecule has 1 aliphatic rings. The van der Waals surface area contributed by atoms with E-state index in [1.54, 1.807) is 20.8 Å². The summed E-state index contributed by atoms with van der Waals surface area (Å²) in [6, 6.07) is -1.87. The molecule has 0 aromatic carbocycles. The molecule has 0 spiro atoms. The van der Waals surface area contributed by atoms with Crippen LogP contribution >= 0.6 is 0 Å². The number of hydrogen-bond acceptors (Lipinski definition) is 2. The highest BCUT2D eigenvalue weighted by atomic mass is 19.4. The second-order valence-corrected chi connectivity index (χ2v) is 4.55. The number of carbonyl (C=O) groups excluding carboxylic acids is 1. The molecule has 16 heavy (non-hydrogen) atoms. The Morgan fingerprint density at radius 2 is 1.94 bits per heavy atom. The Kier molecular flexibility index (Phi) is 3.21. The summed E-state index contributed by atoms with van der Waals surface area (Å²) in [5.41, 5.74) is -0.796. The molecule has 0 N–H and O–H groups in total. The van der Waals surface area contributed by atoms with Gasteiger partial charge in [-0.25, -0.2) is 4.79 Å². The van der Waals surface area contributed by atoms with Crippen molar-refractivity contribution in [2.24, 2.45) is 0 Å². The van der Waals surface area contributed by atoms with Crippen LogP contribution in [0.1, 0.15) is 20.8 Å². The molecule has 0 saturated heterocycles. The van der Waals surface area contributed by atoms with Crippen LogP contribution in [0.3, 0.4) is 0 Å². The number of rotatable bonds is 0. The standard InChI is InChI=1S/C10H14F3NO2/c1-9(2,3)16-8(15)14-6-4-5-7(14)10(11,12)13/h4-5,7H,6H2,1-3H3. The predicted octanol–water partition coefficient (Wildman–Crippen LogP) is 2.72. The van der Waals surface area contributed by atoms with Gasteiger partial charge in [-0.05, 0) is 20.8 Å². The molecule has 0 fully saturated rings. The molecule has 1 atom stereocenters. The molecule has 0 saturated carbocycles. The zero-order valence-corrected chi connectivity index (χ0v) is 9.34. The largest absolute Gasteiger partial charge is 0.444 e. The SMILES string of the molecule is CC(C)(C)OC(=O)N1CC=CC1C(F)(F)F. The molecule has 0 aliphatic carbocycles. The number of nitrogens with zero attached hydrogens (tertiary/aromatic N) is 1. The summed E-state index contributed by atoms with van der Waals surface area (Å²) < 4.78 is 42.4. The fourth-order valence-corrected chi connectivity index (χ4v) is 1.32. The first-order valence-electron chi connectivity index (χ1n) is 4.84. The van der Waals surface area contributed by atoms with Crippen LogP contribution in [0.4, 0.5) is 18.0 Å². The summed E-state index contributed by atoms with van der Waals surface area (Å²) in [5.74, 6) is 0. The number of halogens is 3. The first kappa shape index (κ1) is 12.9. The summed E-state index contributed by atoms with van der Waals surface area (Å²) in [7, 11) is 0. The van der Waals surface area contributed by atoms with E-state index in [2.05, 4.69) is 0 Å². The van der Waals surface area contributed by atoms with E-state index in [0.717, 1.165) is 6.08 Å². The maximum Gasteiger partial charge on any atom is 0.412 e. The molecule has 0 aromatic rings. The molecule has 0 aromatic heterocycles. The molecular weight excluding hydrogens is 223 g/mol. The fraction of sp³-hybridized carbons (Fsp3) is 0.700. The Hall–Kier alpha value is -1.20. The third kappa shape index (κ3) is 3.15. The monoisotopic (exact) mass is 237 g/mol. The summed E-state index contributed by atoms with van der Waals surface area (Å²) in [5, 5.41) is 0. The minimum Gasteiger partial charge on any atom is -0.444 e. The van der Waals surface area contributed by atoms with Crippen LogP contribution < -0.4 is 0 Å². The van der Waals surface area contributed by atoms with Crippen molar-refractivity contribution in [3.8, 4) is 0 Å². The van der Waals surface area contributed by atoms with E-state index in [9.17, 15) is 18.0 Å². The zero-order chi connectivity index (χ0) is 12.6. The van der Waals surface area contributed by atoms with E-state index in [-0.39, 0.29) is 6.54 Å². The van der Waals surface area contributed by atoms with Crippen molar-refractivity contribution in [3.05, 3.63) is 12.2 Å². The van der Waals surface area contributed by atoms with Crippen molar-refractivity contribution in [1.82, 2.24) is 4.90 Å². The Labute approximate surface area is 91.9 Å². The Morgan fingerprint density at radius 1 is 1.38 bits per heavy atom. The molecule has 0 bridgehead atoms. The van der Waals surface area contributed by atoms with Gasteiger partial charge in [0.05, 0.1) is 0 Å². The molecule has 92 valence electrons. The minimum absolute atomic E-state index is 0.0703. The second kappa shape index (κ2) is 3.99. The van der Waals surface area contributed by atoms with Gasteiger partial charge in [0, 0.05) is 6.54 Å². The highest BCUT2D eigenvalue weighted by Gasteiger charge is 2.46. The molecule has 1 amide bonds. The van der Waals surface area contributed by atoms with Gasteiger partial charge < -0.3 is 4.74 Å². The third-order valence-corrected chi connectivity index (χ3v) is 1.92. The van der Waals surface area contributed by atoms with Crippen LogP contribution in [0.25, 0.3) is 0 Å². The summed E-state index contributed by atoms with van der Waals surface area (Å²) >= 11 is 0. The summed E-state index contributed by atoms with van der Waals surface area (Å²) in [4.78, 5) is 12.1. The van der Waals surface area contributed by atoms with E-state index in [0.29, 0.717) is 4.90 Å². The fourth-order valence-electron chi connectivity index (χ4n) is 1.32. The summed E-state index contributed by atoms with van der Waals surface area (Å²) in [6.07, 6.45) is -3.13. The quantitative estimate of drug-likeness (QED) is 0.606. The van der Waals surface area contributed by atoms with E-state index >= 15 is 0 Å².